The van der Waals surface area contributed by atoms with E-state index in [1.165, 1.54) is 12.1 Å². The summed E-state index contributed by atoms with van der Waals surface area (Å²) < 4.78 is 44.6. The zero-order chi connectivity index (χ0) is 15.4. The van der Waals surface area contributed by atoms with Gasteiger partial charge in [0.25, 0.3) is 11.9 Å². The van der Waals surface area contributed by atoms with E-state index in [1.807, 2.05) is 0 Å². The van der Waals surface area contributed by atoms with E-state index in [2.05, 4.69) is 10.3 Å². The molecule has 0 unspecified atom stereocenters. The van der Waals surface area contributed by atoms with E-state index in [0.717, 1.165) is 0 Å². The van der Waals surface area contributed by atoms with Crippen LogP contribution in [0.4, 0.5) is 18.9 Å². The van der Waals surface area contributed by atoms with Gasteiger partial charge in [0.1, 0.15) is 5.75 Å². The van der Waals surface area contributed by atoms with Gasteiger partial charge in [0.2, 0.25) is 5.95 Å². The van der Waals surface area contributed by atoms with E-state index in [9.17, 15) is 18.0 Å². The molecule has 2 rings (SSSR count). The van der Waals surface area contributed by atoms with Gasteiger partial charge >= 0.3 is 0 Å². The number of ether oxygens (including phenoxy) is 1. The molecule has 1 aromatic heterocycles. The minimum Gasteiger partial charge on any atom is -0.494 e. The monoisotopic (exact) mass is 296 g/mol. The lowest BCUT2D eigenvalue weighted by molar-refractivity contribution is 0.102. The molecule has 0 radical (unpaired) electrons. The van der Waals surface area contributed by atoms with Gasteiger partial charge in [-0.15, -0.1) is 0 Å². The Bertz CT molecular complexity index is 677. The van der Waals surface area contributed by atoms with Gasteiger partial charge in [-0.05, 0) is 19.1 Å². The number of carbonyl (C=O) groups excluding carboxylic acids is 1. The van der Waals surface area contributed by atoms with Gasteiger partial charge in [-0.1, -0.05) is 6.07 Å². The van der Waals surface area contributed by atoms with Gasteiger partial charge in [-0.2, -0.15) is 13.8 Å². The number of pyridine rings is 1. The highest BCUT2D eigenvalue weighted by molar-refractivity contribution is 6.04. The second-order valence-corrected chi connectivity index (χ2v) is 4.01. The molecular weight excluding hydrogens is 285 g/mol. The molecule has 0 saturated carbocycles. The number of hydrogen-bond acceptors (Lipinski definition) is 3. The maximum Gasteiger partial charge on any atom is 0.258 e. The first kappa shape index (κ1) is 14.8. The van der Waals surface area contributed by atoms with E-state index < -0.39 is 29.2 Å². The Morgan fingerprint density at radius 1 is 1.29 bits per heavy atom. The quantitative estimate of drug-likeness (QED) is 0.882. The maximum absolute atomic E-state index is 13.4. The van der Waals surface area contributed by atoms with Crippen LogP contribution in [0, 0.1) is 17.7 Å². The highest BCUT2D eigenvalue weighted by Crippen LogP contribution is 2.19. The first-order valence-corrected chi connectivity index (χ1v) is 6.07. The van der Waals surface area contributed by atoms with E-state index >= 15 is 0 Å². The van der Waals surface area contributed by atoms with Crippen LogP contribution in [0.25, 0.3) is 0 Å². The highest BCUT2D eigenvalue weighted by atomic mass is 19.2. The van der Waals surface area contributed by atoms with Crippen molar-refractivity contribution in [3.8, 4) is 5.75 Å². The third kappa shape index (κ3) is 3.50. The third-order valence-corrected chi connectivity index (χ3v) is 2.53. The molecule has 0 aliphatic rings. The van der Waals surface area contributed by atoms with E-state index in [1.54, 1.807) is 19.1 Å². The molecular formula is C14H11F3N2O2. The topological polar surface area (TPSA) is 51.2 Å². The normalized spacial score (nSPS) is 10.3. The Hall–Kier alpha value is -2.57. The van der Waals surface area contributed by atoms with E-state index in [0.29, 0.717) is 24.1 Å². The van der Waals surface area contributed by atoms with Crippen LogP contribution < -0.4 is 10.1 Å². The lowest BCUT2D eigenvalue weighted by Crippen LogP contribution is -2.16. The van der Waals surface area contributed by atoms with Crippen molar-refractivity contribution in [1.82, 2.24) is 4.98 Å². The second kappa shape index (κ2) is 6.25. The van der Waals surface area contributed by atoms with Crippen LogP contribution in [0.5, 0.6) is 5.75 Å². The first-order chi connectivity index (χ1) is 10.0. The number of benzene rings is 1. The van der Waals surface area contributed by atoms with Crippen LogP contribution in [-0.2, 0) is 0 Å². The van der Waals surface area contributed by atoms with Gasteiger partial charge in [-0.25, -0.2) is 4.39 Å². The van der Waals surface area contributed by atoms with Crippen molar-refractivity contribution in [1.29, 1.82) is 0 Å². The average Bonchev–Trinajstić information content (AvgIpc) is 2.43. The molecule has 0 bridgehead atoms. The minimum absolute atomic E-state index is 0.308. The molecule has 4 nitrogen and oxygen atoms in total. The van der Waals surface area contributed by atoms with Gasteiger partial charge in [-0.3, -0.25) is 4.79 Å². The third-order valence-electron chi connectivity index (χ3n) is 2.53. The molecule has 1 heterocycles. The number of anilines is 1. The molecule has 0 atom stereocenters. The molecule has 0 aliphatic heterocycles. The van der Waals surface area contributed by atoms with Crippen molar-refractivity contribution < 1.29 is 22.7 Å². The zero-order valence-electron chi connectivity index (χ0n) is 11.0. The SMILES string of the molecule is CCOc1cccc(NC(=O)c2cc(F)nc(F)c2F)c1. The minimum atomic E-state index is -1.66. The highest BCUT2D eigenvalue weighted by Gasteiger charge is 2.19. The van der Waals surface area contributed by atoms with Gasteiger partial charge in [0.05, 0.1) is 12.2 Å². The molecule has 7 heteroatoms. The number of aromatic nitrogens is 1. The lowest BCUT2D eigenvalue weighted by Gasteiger charge is -2.08. The predicted octanol–water partition coefficient (Wildman–Crippen LogP) is 3.15. The van der Waals surface area contributed by atoms with Crippen LogP contribution >= 0.6 is 0 Å². The fourth-order valence-electron chi connectivity index (χ4n) is 1.66. The predicted molar refractivity (Wildman–Crippen MR) is 69.7 cm³/mol. The summed E-state index contributed by atoms with van der Waals surface area (Å²) in [6.45, 7) is 2.23. The Morgan fingerprint density at radius 3 is 2.76 bits per heavy atom. The molecule has 1 amide bonds. The van der Waals surface area contributed by atoms with Crippen molar-refractivity contribution in [3.05, 3.63) is 53.6 Å². The van der Waals surface area contributed by atoms with Crippen LogP contribution in [0.15, 0.2) is 30.3 Å². The molecule has 2 aromatic rings. The second-order valence-electron chi connectivity index (χ2n) is 4.01. The fraction of sp³-hybridized carbons (Fsp3) is 0.143. The zero-order valence-corrected chi connectivity index (χ0v) is 11.0. The Labute approximate surface area is 118 Å². The first-order valence-electron chi connectivity index (χ1n) is 6.07. The number of rotatable bonds is 4. The molecule has 21 heavy (non-hydrogen) atoms. The number of nitrogens with one attached hydrogen (secondary N) is 1. The molecule has 0 saturated heterocycles. The summed E-state index contributed by atoms with van der Waals surface area (Å²) in [5.74, 6) is -4.93. The average molecular weight is 296 g/mol. The number of nitrogens with zero attached hydrogens (tertiary/aromatic N) is 1. The summed E-state index contributed by atoms with van der Waals surface area (Å²) in [7, 11) is 0. The van der Waals surface area contributed by atoms with Crippen molar-refractivity contribution in [2.24, 2.45) is 0 Å². The summed E-state index contributed by atoms with van der Waals surface area (Å²) >= 11 is 0. The van der Waals surface area contributed by atoms with Crippen molar-refractivity contribution in [3.63, 3.8) is 0 Å². The summed E-state index contributed by atoms with van der Waals surface area (Å²) in [6.07, 6.45) is 0. The Morgan fingerprint density at radius 2 is 2.05 bits per heavy atom. The van der Waals surface area contributed by atoms with Crippen LogP contribution in [0.3, 0.4) is 0 Å². The van der Waals surface area contributed by atoms with Crippen molar-refractivity contribution >= 4 is 11.6 Å². The number of hydrogen-bond donors (Lipinski definition) is 1. The fourth-order valence-corrected chi connectivity index (χ4v) is 1.66. The molecule has 1 aromatic carbocycles. The summed E-state index contributed by atoms with van der Waals surface area (Å²) in [5, 5.41) is 2.33. The van der Waals surface area contributed by atoms with E-state index in [-0.39, 0.29) is 0 Å². The molecule has 0 spiro atoms. The largest absolute Gasteiger partial charge is 0.494 e. The van der Waals surface area contributed by atoms with Crippen LogP contribution in [-0.4, -0.2) is 17.5 Å². The Balaban J connectivity index is 2.24. The van der Waals surface area contributed by atoms with E-state index in [4.69, 9.17) is 4.74 Å². The van der Waals surface area contributed by atoms with Crippen molar-refractivity contribution in [2.75, 3.05) is 11.9 Å². The molecule has 0 aliphatic carbocycles. The maximum atomic E-state index is 13.4. The van der Waals surface area contributed by atoms with Crippen LogP contribution in [0.1, 0.15) is 17.3 Å². The number of amides is 1. The van der Waals surface area contributed by atoms with Gasteiger partial charge < -0.3 is 10.1 Å². The Kier molecular flexibility index (Phi) is 4.42. The summed E-state index contributed by atoms with van der Waals surface area (Å²) in [4.78, 5) is 14.5. The summed E-state index contributed by atoms with van der Waals surface area (Å²) in [5.41, 5.74) is -0.454. The van der Waals surface area contributed by atoms with Crippen molar-refractivity contribution in [2.45, 2.75) is 6.92 Å². The molecule has 0 fully saturated rings. The standard InChI is InChI=1S/C14H11F3N2O2/c1-2-21-9-5-3-4-8(6-9)18-14(20)10-7-11(15)19-13(17)12(10)16/h3-7H,2H2,1H3,(H,18,20). The van der Waals surface area contributed by atoms with Gasteiger partial charge in [0.15, 0.2) is 5.82 Å². The number of halogens is 3. The number of carbonyl (C=O) groups is 1. The summed E-state index contributed by atoms with van der Waals surface area (Å²) in [6, 6.07) is 6.86. The van der Waals surface area contributed by atoms with Crippen LogP contribution in [0.2, 0.25) is 0 Å². The molecule has 110 valence electrons. The molecule has 1 N–H and O–H groups in total. The smallest absolute Gasteiger partial charge is 0.258 e. The van der Waals surface area contributed by atoms with Gasteiger partial charge in [0, 0.05) is 17.8 Å². The lowest BCUT2D eigenvalue weighted by atomic mass is 10.2.